The summed E-state index contributed by atoms with van der Waals surface area (Å²) in [5, 5.41) is 6.26. The molecule has 0 spiro atoms. The van der Waals surface area contributed by atoms with Gasteiger partial charge < -0.3 is 37.2 Å². The summed E-state index contributed by atoms with van der Waals surface area (Å²) in [6.07, 6.45) is 0.167. The maximum absolute atomic E-state index is 13.9. The number of carbonyl (C=O) groups excluding carboxylic acids is 3. The Morgan fingerprint density at radius 3 is 2.40 bits per heavy atom. The molecular formula is C32H38Cl2N4O4. The second kappa shape index (κ2) is 14.1. The molecule has 3 aromatic carbocycles. The Morgan fingerprint density at radius 2 is 1.71 bits per heavy atom. The molecule has 0 saturated heterocycles. The van der Waals surface area contributed by atoms with Crippen molar-refractivity contribution in [2.45, 2.75) is 32.8 Å². The van der Waals surface area contributed by atoms with Gasteiger partial charge >= 0.3 is 6.09 Å². The molecule has 10 heteroatoms. The Bertz CT molecular complexity index is 1450. The number of amides is 3. The zero-order valence-electron chi connectivity index (χ0n) is 24.7. The molecule has 0 aliphatic carbocycles. The highest BCUT2D eigenvalue weighted by Gasteiger charge is 2.30. The predicted octanol–water partition coefficient (Wildman–Crippen LogP) is 3.13. The highest BCUT2D eigenvalue weighted by Crippen LogP contribution is 2.38. The fraction of sp³-hybridized carbons (Fsp3) is 0.344. The SMILES string of the molecule is Cc1ccccc1C(=O)Nc1ccc(C(=O)N2CCCC(OC(=O)NCC[N+](C)(C)C)c3cc(Cl)ccc32)c(C)c1.[Cl-]. The minimum Gasteiger partial charge on any atom is -1.00 e. The molecule has 1 heterocycles. The van der Waals surface area contributed by atoms with Crippen molar-refractivity contribution in [1.29, 1.82) is 0 Å². The van der Waals surface area contributed by atoms with Crippen molar-refractivity contribution in [1.82, 2.24) is 5.32 Å². The quantitative estimate of drug-likeness (QED) is 0.401. The third-order valence-corrected chi connectivity index (χ3v) is 7.36. The summed E-state index contributed by atoms with van der Waals surface area (Å²) in [4.78, 5) is 41.0. The van der Waals surface area contributed by atoms with Crippen molar-refractivity contribution in [3.63, 3.8) is 0 Å². The summed E-state index contributed by atoms with van der Waals surface area (Å²) < 4.78 is 6.55. The van der Waals surface area contributed by atoms with Gasteiger partial charge in [-0.2, -0.15) is 0 Å². The number of alkyl carbamates (subject to hydrolysis) is 1. The van der Waals surface area contributed by atoms with Gasteiger partial charge in [0.15, 0.2) is 0 Å². The van der Waals surface area contributed by atoms with Gasteiger partial charge in [0.25, 0.3) is 11.8 Å². The molecule has 1 aliphatic heterocycles. The van der Waals surface area contributed by atoms with Crippen LogP contribution >= 0.6 is 11.6 Å². The van der Waals surface area contributed by atoms with Gasteiger partial charge in [-0.15, -0.1) is 0 Å². The van der Waals surface area contributed by atoms with Crippen molar-refractivity contribution in [2.24, 2.45) is 0 Å². The van der Waals surface area contributed by atoms with Gasteiger partial charge in [-0.1, -0.05) is 29.8 Å². The number of ether oxygens (including phenoxy) is 1. The van der Waals surface area contributed by atoms with Gasteiger partial charge in [-0.25, -0.2) is 4.79 Å². The monoisotopic (exact) mass is 612 g/mol. The zero-order chi connectivity index (χ0) is 29.7. The summed E-state index contributed by atoms with van der Waals surface area (Å²) in [5.74, 6) is -0.372. The van der Waals surface area contributed by atoms with E-state index in [0.717, 1.165) is 22.2 Å². The Hall–Kier alpha value is -3.59. The minimum absolute atomic E-state index is 0. The van der Waals surface area contributed by atoms with Crippen molar-refractivity contribution < 1.29 is 36.0 Å². The van der Waals surface area contributed by atoms with E-state index in [1.54, 1.807) is 47.4 Å². The number of halogens is 2. The number of hydrogen-bond donors (Lipinski definition) is 2. The normalized spacial score (nSPS) is 14.6. The number of rotatable bonds is 7. The smallest absolute Gasteiger partial charge is 0.407 e. The molecular weight excluding hydrogens is 575 g/mol. The lowest BCUT2D eigenvalue weighted by Gasteiger charge is -2.26. The summed E-state index contributed by atoms with van der Waals surface area (Å²) in [6.45, 7) is 5.45. The zero-order valence-corrected chi connectivity index (χ0v) is 26.2. The van der Waals surface area contributed by atoms with E-state index >= 15 is 0 Å². The van der Waals surface area contributed by atoms with Gasteiger partial charge in [0.1, 0.15) is 6.10 Å². The van der Waals surface area contributed by atoms with E-state index in [4.69, 9.17) is 16.3 Å². The first kappa shape index (κ1) is 32.9. The predicted molar refractivity (Wildman–Crippen MR) is 163 cm³/mol. The van der Waals surface area contributed by atoms with Crippen LogP contribution in [0, 0.1) is 13.8 Å². The van der Waals surface area contributed by atoms with Gasteiger partial charge in [0.2, 0.25) is 0 Å². The van der Waals surface area contributed by atoms with Crippen LogP contribution in [0.2, 0.25) is 5.02 Å². The standard InChI is InChI=1S/C32H37ClN4O4.ClH/c1-21-9-6-7-10-25(21)30(38)35-24-13-14-26(22(2)19-24)31(39)36-17-8-11-29(27-20-23(33)12-15-28(27)36)41-32(40)34-16-18-37(3,4)5;/h6-7,9-10,12-15,19-20,29H,8,11,16-18H2,1-5H3,(H-,34,35,38,39,40);1H. The van der Waals surface area contributed by atoms with Gasteiger partial charge in [0.05, 0.1) is 39.9 Å². The third kappa shape index (κ3) is 8.25. The van der Waals surface area contributed by atoms with E-state index in [1.165, 1.54) is 0 Å². The fourth-order valence-corrected chi connectivity index (χ4v) is 5.07. The topological polar surface area (TPSA) is 87.7 Å². The van der Waals surface area contributed by atoms with E-state index in [2.05, 4.69) is 31.8 Å². The lowest BCUT2D eigenvalue weighted by atomic mass is 10.0. The molecule has 4 rings (SSSR count). The van der Waals surface area contributed by atoms with Crippen molar-refractivity contribution in [3.8, 4) is 0 Å². The van der Waals surface area contributed by atoms with Crippen LogP contribution in [0.5, 0.6) is 0 Å². The molecule has 2 N–H and O–H groups in total. The van der Waals surface area contributed by atoms with Gasteiger partial charge in [-0.3, -0.25) is 9.59 Å². The molecule has 0 aromatic heterocycles. The molecule has 0 fully saturated rings. The molecule has 0 bridgehead atoms. The van der Waals surface area contributed by atoms with E-state index in [1.807, 2.05) is 32.0 Å². The van der Waals surface area contributed by atoms with Crippen LogP contribution in [0.3, 0.4) is 0 Å². The third-order valence-electron chi connectivity index (χ3n) is 7.13. The van der Waals surface area contributed by atoms with Crippen LogP contribution in [0.25, 0.3) is 0 Å². The molecule has 0 radical (unpaired) electrons. The molecule has 0 saturated carbocycles. The Labute approximate surface area is 259 Å². The number of hydrogen-bond acceptors (Lipinski definition) is 4. The van der Waals surface area contributed by atoms with E-state index in [9.17, 15) is 14.4 Å². The Balaban J connectivity index is 0.00000484. The number of aryl methyl sites for hydroxylation is 2. The number of carbonyl (C=O) groups is 3. The molecule has 42 heavy (non-hydrogen) atoms. The average Bonchev–Trinajstić information content (AvgIpc) is 3.07. The van der Waals surface area contributed by atoms with Crippen molar-refractivity contribution in [2.75, 3.05) is 51.0 Å². The first-order valence-electron chi connectivity index (χ1n) is 13.8. The summed E-state index contributed by atoms with van der Waals surface area (Å²) in [7, 11) is 6.16. The van der Waals surface area contributed by atoms with Crippen LogP contribution in [0.4, 0.5) is 16.2 Å². The molecule has 1 unspecified atom stereocenters. The maximum atomic E-state index is 13.9. The second-order valence-electron chi connectivity index (χ2n) is 11.4. The molecule has 224 valence electrons. The molecule has 3 amide bonds. The summed E-state index contributed by atoms with van der Waals surface area (Å²) in [5.41, 5.74) is 4.72. The van der Waals surface area contributed by atoms with Crippen molar-refractivity contribution in [3.05, 3.63) is 93.5 Å². The Kier molecular flexibility index (Phi) is 11.0. The molecule has 1 atom stereocenters. The first-order chi connectivity index (χ1) is 19.4. The lowest BCUT2D eigenvalue weighted by molar-refractivity contribution is -0.869. The highest BCUT2D eigenvalue weighted by molar-refractivity contribution is 6.30. The van der Waals surface area contributed by atoms with Crippen molar-refractivity contribution >= 4 is 40.9 Å². The van der Waals surface area contributed by atoms with Crippen LogP contribution in [0.1, 0.15) is 56.4 Å². The number of benzene rings is 3. The number of anilines is 2. The fourth-order valence-electron chi connectivity index (χ4n) is 4.89. The molecule has 8 nitrogen and oxygen atoms in total. The lowest BCUT2D eigenvalue weighted by Crippen LogP contribution is -3.00. The molecule has 3 aromatic rings. The van der Waals surface area contributed by atoms with E-state index in [0.29, 0.717) is 59.0 Å². The number of likely N-dealkylation sites (N-methyl/N-ethyl adjacent to an activating group) is 1. The average molecular weight is 614 g/mol. The second-order valence-corrected chi connectivity index (χ2v) is 11.9. The van der Waals surface area contributed by atoms with Crippen LogP contribution in [0.15, 0.2) is 60.7 Å². The number of nitrogens with zero attached hydrogens (tertiary/aromatic N) is 2. The summed E-state index contributed by atoms with van der Waals surface area (Å²) in [6, 6.07) is 18.0. The minimum atomic E-state index is -0.536. The number of nitrogens with one attached hydrogen (secondary N) is 2. The first-order valence-corrected chi connectivity index (χ1v) is 14.1. The summed E-state index contributed by atoms with van der Waals surface area (Å²) >= 11 is 6.35. The largest absolute Gasteiger partial charge is 1.00 e. The van der Waals surface area contributed by atoms with Gasteiger partial charge in [-0.05, 0) is 80.3 Å². The number of quaternary nitrogens is 1. The van der Waals surface area contributed by atoms with Crippen LogP contribution in [-0.2, 0) is 4.74 Å². The highest BCUT2D eigenvalue weighted by atomic mass is 35.5. The van der Waals surface area contributed by atoms with E-state index in [-0.39, 0.29) is 24.2 Å². The Morgan fingerprint density at radius 1 is 0.976 bits per heavy atom. The maximum Gasteiger partial charge on any atom is 0.407 e. The van der Waals surface area contributed by atoms with Crippen LogP contribution < -0.4 is 27.9 Å². The van der Waals surface area contributed by atoms with E-state index < -0.39 is 12.2 Å². The van der Waals surface area contributed by atoms with Gasteiger partial charge in [0, 0.05) is 33.9 Å². The molecule has 1 aliphatic rings. The number of fused-ring (bicyclic) bond motifs is 1. The van der Waals surface area contributed by atoms with Crippen LogP contribution in [-0.4, -0.2) is 63.2 Å².